The van der Waals surface area contributed by atoms with Gasteiger partial charge in [0.25, 0.3) is 0 Å². The number of hydrogen-bond donors (Lipinski definition) is 1. The van der Waals surface area contributed by atoms with Gasteiger partial charge in [0, 0.05) is 5.41 Å². The van der Waals surface area contributed by atoms with Gasteiger partial charge >= 0.3 is 0 Å². The molecule has 0 aromatic heterocycles. The van der Waals surface area contributed by atoms with Crippen LogP contribution in [0.5, 0.6) is 0 Å². The molecule has 0 unspecified atom stereocenters. The molecule has 4 aliphatic rings. The zero-order valence-corrected chi connectivity index (χ0v) is 16.9. The molecule has 0 bridgehead atoms. The van der Waals surface area contributed by atoms with E-state index in [0.29, 0.717) is 17.8 Å². The third-order valence-corrected chi connectivity index (χ3v) is 8.73. The molecule has 0 amide bonds. The number of carboxylic acids is 1. The molecule has 6 atom stereocenters. The molecule has 0 heterocycles. The van der Waals surface area contributed by atoms with E-state index in [9.17, 15) is 15.0 Å². The van der Waals surface area contributed by atoms with Crippen LogP contribution in [-0.2, 0) is 9.63 Å². The van der Waals surface area contributed by atoms with Crippen LogP contribution in [0.25, 0.3) is 0 Å². The number of terminal acetylenes is 1. The van der Waals surface area contributed by atoms with Crippen LogP contribution in [0.15, 0.2) is 16.8 Å². The maximum absolute atomic E-state index is 11.1. The summed E-state index contributed by atoms with van der Waals surface area (Å²) in [5.74, 6) is 3.19. The lowest BCUT2D eigenvalue weighted by Gasteiger charge is -2.58. The van der Waals surface area contributed by atoms with Crippen molar-refractivity contribution in [3.63, 3.8) is 0 Å². The summed E-state index contributed by atoms with van der Waals surface area (Å²) in [4.78, 5) is 15.4. The first-order valence-electron chi connectivity index (χ1n) is 10.5. The van der Waals surface area contributed by atoms with Crippen molar-refractivity contribution >= 4 is 11.7 Å². The SMILES string of the molecule is C#C[C@@]1(O)CC[C@@H]2[C@H]3CCC4=CC(=NOCC(=O)[O-])CC[C@]4(C)[C@@H]3CC[C@@]21C. The second kappa shape index (κ2) is 6.62. The van der Waals surface area contributed by atoms with E-state index in [4.69, 9.17) is 11.3 Å². The number of carbonyl (C=O) groups excluding carboxylic acids is 1. The molecule has 28 heavy (non-hydrogen) atoms. The molecule has 152 valence electrons. The predicted octanol–water partition coefficient (Wildman–Crippen LogP) is 2.44. The lowest BCUT2D eigenvalue weighted by molar-refractivity contribution is -0.309. The highest BCUT2D eigenvalue weighted by Crippen LogP contribution is 2.67. The molecular formula is C23H30NO4-. The van der Waals surface area contributed by atoms with Crippen LogP contribution < -0.4 is 5.11 Å². The number of aliphatic carboxylic acids is 1. The summed E-state index contributed by atoms with van der Waals surface area (Å²) in [7, 11) is 0. The minimum Gasteiger partial charge on any atom is -0.546 e. The number of fused-ring (bicyclic) bond motifs is 5. The number of oxime groups is 1. The minimum atomic E-state index is -1.26. The van der Waals surface area contributed by atoms with Crippen LogP contribution in [0.3, 0.4) is 0 Å². The summed E-state index contributed by atoms with van der Waals surface area (Å²) >= 11 is 0. The van der Waals surface area contributed by atoms with Crippen molar-refractivity contribution in [3.05, 3.63) is 11.6 Å². The van der Waals surface area contributed by atoms with Gasteiger partial charge in [0.2, 0.25) is 0 Å². The van der Waals surface area contributed by atoms with Gasteiger partial charge < -0.3 is 19.8 Å². The van der Waals surface area contributed by atoms with E-state index < -0.39 is 18.2 Å². The monoisotopic (exact) mass is 384 g/mol. The molecular weight excluding hydrogens is 354 g/mol. The Labute approximate surface area is 167 Å². The van der Waals surface area contributed by atoms with Crippen molar-refractivity contribution < 1.29 is 19.8 Å². The highest BCUT2D eigenvalue weighted by molar-refractivity contribution is 5.96. The van der Waals surface area contributed by atoms with Crippen molar-refractivity contribution in [2.24, 2.45) is 33.7 Å². The summed E-state index contributed by atoms with van der Waals surface area (Å²) in [6.07, 6.45) is 15.7. The molecule has 4 aliphatic carbocycles. The quantitative estimate of drug-likeness (QED) is 0.598. The van der Waals surface area contributed by atoms with Crippen molar-refractivity contribution in [2.75, 3.05) is 6.61 Å². The zero-order valence-electron chi connectivity index (χ0n) is 16.9. The van der Waals surface area contributed by atoms with E-state index in [0.717, 1.165) is 57.1 Å². The summed E-state index contributed by atoms with van der Waals surface area (Å²) in [6, 6.07) is 0. The summed E-state index contributed by atoms with van der Waals surface area (Å²) in [6.45, 7) is 4.10. The number of aliphatic hydroxyl groups is 1. The van der Waals surface area contributed by atoms with E-state index >= 15 is 0 Å². The van der Waals surface area contributed by atoms with Crippen molar-refractivity contribution in [1.29, 1.82) is 0 Å². The Morgan fingerprint density at radius 2 is 2.04 bits per heavy atom. The van der Waals surface area contributed by atoms with E-state index in [1.165, 1.54) is 5.57 Å². The number of allylic oxidation sites excluding steroid dienone is 2. The molecule has 5 heteroatoms. The Hall–Kier alpha value is -1.80. The number of hydrogen-bond acceptors (Lipinski definition) is 5. The highest BCUT2D eigenvalue weighted by Gasteiger charge is 2.63. The Balaban J connectivity index is 1.57. The van der Waals surface area contributed by atoms with Crippen LogP contribution in [0.4, 0.5) is 0 Å². The first-order valence-corrected chi connectivity index (χ1v) is 10.5. The van der Waals surface area contributed by atoms with Gasteiger partial charge in [-0.15, -0.1) is 6.42 Å². The Morgan fingerprint density at radius 3 is 2.75 bits per heavy atom. The third-order valence-electron chi connectivity index (χ3n) is 8.73. The summed E-state index contributed by atoms with van der Waals surface area (Å²) in [5, 5.41) is 25.6. The average Bonchev–Trinajstić information content (AvgIpc) is 2.93. The smallest absolute Gasteiger partial charge is 0.156 e. The van der Waals surface area contributed by atoms with Crippen LogP contribution >= 0.6 is 0 Å². The van der Waals surface area contributed by atoms with Gasteiger partial charge in [-0.3, -0.25) is 0 Å². The van der Waals surface area contributed by atoms with E-state index in [2.05, 4.69) is 31.0 Å². The fourth-order valence-electron chi connectivity index (χ4n) is 7.06. The van der Waals surface area contributed by atoms with Gasteiger partial charge in [-0.05, 0) is 80.6 Å². The van der Waals surface area contributed by atoms with Gasteiger partial charge in [-0.25, -0.2) is 0 Å². The molecule has 3 saturated carbocycles. The molecule has 0 aromatic rings. The predicted molar refractivity (Wildman–Crippen MR) is 104 cm³/mol. The molecule has 0 saturated heterocycles. The summed E-state index contributed by atoms with van der Waals surface area (Å²) in [5.41, 5.74) is 1.28. The van der Waals surface area contributed by atoms with E-state index in [1.54, 1.807) is 0 Å². The third kappa shape index (κ3) is 2.72. The number of carboxylic acid groups (broad SMARTS) is 1. The van der Waals surface area contributed by atoms with Gasteiger partial charge in [-0.1, -0.05) is 30.5 Å². The Kier molecular flexibility index (Phi) is 4.62. The standard InChI is InChI=1S/C23H31NO4/c1-4-23(27)12-9-19-17-6-5-15-13-16(24-28-14-20(25)26)7-10-21(15,2)18(17)8-11-22(19,23)3/h1,13,17-19,27H,5-12,14H2,2-3H3,(H,25,26)/p-1/t17-,18+,19+,21-,22-,23+/m0/s1. The summed E-state index contributed by atoms with van der Waals surface area (Å²) < 4.78 is 0. The Morgan fingerprint density at radius 1 is 1.29 bits per heavy atom. The number of rotatable bonds is 3. The minimum absolute atomic E-state index is 0.147. The van der Waals surface area contributed by atoms with Crippen molar-refractivity contribution in [2.45, 2.75) is 70.8 Å². The first-order chi connectivity index (χ1) is 13.2. The lowest BCUT2D eigenvalue weighted by atomic mass is 9.46. The van der Waals surface area contributed by atoms with Gasteiger partial charge in [0.05, 0.1) is 11.7 Å². The zero-order chi connectivity index (χ0) is 20.2. The fraction of sp³-hybridized carbons (Fsp3) is 0.739. The van der Waals surface area contributed by atoms with Crippen LogP contribution in [0.1, 0.15) is 65.2 Å². The van der Waals surface area contributed by atoms with Crippen LogP contribution in [-0.4, -0.2) is 29.0 Å². The molecule has 5 nitrogen and oxygen atoms in total. The molecule has 0 aliphatic heterocycles. The average molecular weight is 384 g/mol. The molecule has 4 rings (SSSR count). The number of carbonyl (C=O) groups is 1. The highest BCUT2D eigenvalue weighted by atomic mass is 16.6. The normalized spacial score (nSPS) is 46.0. The van der Waals surface area contributed by atoms with Gasteiger partial charge in [0.1, 0.15) is 5.60 Å². The van der Waals surface area contributed by atoms with Crippen molar-refractivity contribution in [1.82, 2.24) is 0 Å². The Bertz CT molecular complexity index is 780. The van der Waals surface area contributed by atoms with Gasteiger partial charge in [0.15, 0.2) is 6.61 Å². The van der Waals surface area contributed by atoms with Crippen LogP contribution in [0, 0.1) is 40.9 Å². The molecule has 0 spiro atoms. The second-order valence-electron chi connectivity index (χ2n) is 9.73. The largest absolute Gasteiger partial charge is 0.546 e. The van der Waals surface area contributed by atoms with Crippen LogP contribution in [0.2, 0.25) is 0 Å². The molecule has 0 aromatic carbocycles. The molecule has 1 N–H and O–H groups in total. The van der Waals surface area contributed by atoms with Gasteiger partial charge in [-0.2, -0.15) is 0 Å². The molecule has 0 radical (unpaired) electrons. The first kappa shape index (κ1) is 19.5. The fourth-order valence-corrected chi connectivity index (χ4v) is 7.06. The van der Waals surface area contributed by atoms with Crippen molar-refractivity contribution in [3.8, 4) is 12.3 Å². The van der Waals surface area contributed by atoms with E-state index in [-0.39, 0.29) is 10.8 Å². The molecule has 3 fully saturated rings. The number of nitrogens with zero attached hydrogens (tertiary/aromatic N) is 1. The maximum atomic E-state index is 11.1. The lowest BCUT2D eigenvalue weighted by Crippen LogP contribution is -2.54. The van der Waals surface area contributed by atoms with E-state index in [1.807, 2.05) is 0 Å². The maximum Gasteiger partial charge on any atom is 0.156 e. The topological polar surface area (TPSA) is 82.0 Å². The second-order valence-corrected chi connectivity index (χ2v) is 9.73.